The molecule has 100 valence electrons. The lowest BCUT2D eigenvalue weighted by Crippen LogP contribution is -1.85. The first-order valence-electron chi connectivity index (χ1n) is 6.94. The molecule has 2 rings (SSSR count). The smallest absolute Gasteiger partial charge is 0.0283 e. The Morgan fingerprint density at radius 1 is 0.722 bits per heavy atom. The average Bonchev–Trinajstić information content (AvgIpc) is 2.36. The first-order chi connectivity index (χ1) is 8.58. The fourth-order valence-electron chi connectivity index (χ4n) is 1.65. The molecule has 0 aromatic heterocycles. The Morgan fingerprint density at radius 2 is 1.11 bits per heavy atom. The highest BCUT2D eigenvalue weighted by Crippen LogP contribution is 2.15. The van der Waals surface area contributed by atoms with Gasteiger partial charge >= 0.3 is 0 Å². The summed E-state index contributed by atoms with van der Waals surface area (Å²) < 4.78 is 0. The maximum absolute atomic E-state index is 2.21. The maximum atomic E-state index is 2.21. The predicted molar refractivity (Wildman–Crippen MR) is 84.0 cm³/mol. The minimum absolute atomic E-state index is 1.27. The van der Waals surface area contributed by atoms with Crippen LogP contribution in [0.1, 0.15) is 51.7 Å². The molecule has 0 unspecified atom stereocenters. The van der Waals surface area contributed by atoms with E-state index in [1.165, 1.54) is 35.1 Å². The molecule has 0 N–H and O–H groups in total. The van der Waals surface area contributed by atoms with Crippen molar-refractivity contribution in [3.8, 4) is 0 Å². The zero-order valence-corrected chi connectivity index (χ0v) is 12.9. The molecule has 1 aliphatic rings. The van der Waals surface area contributed by atoms with Crippen LogP contribution in [-0.4, -0.2) is 0 Å². The second-order valence-electron chi connectivity index (χ2n) is 4.68. The molecule has 1 aromatic rings. The lowest BCUT2D eigenvalue weighted by Gasteiger charge is -2.05. The Bertz CT molecular complexity index is 359. The maximum Gasteiger partial charge on any atom is -0.0283 e. The number of benzene rings is 1. The lowest BCUT2D eigenvalue weighted by atomic mass is 10.0. The van der Waals surface area contributed by atoms with Gasteiger partial charge in [-0.15, -0.1) is 0 Å². The second kappa shape index (κ2) is 9.70. The molecule has 0 amide bonds. The molecule has 1 aromatic carbocycles. The summed E-state index contributed by atoms with van der Waals surface area (Å²) >= 11 is 0. The van der Waals surface area contributed by atoms with Gasteiger partial charge in [-0.1, -0.05) is 72.5 Å². The minimum atomic E-state index is 1.27. The molecule has 0 nitrogen and oxygen atoms in total. The van der Waals surface area contributed by atoms with E-state index in [1.54, 1.807) is 0 Å². The number of rotatable bonds is 0. The van der Waals surface area contributed by atoms with Gasteiger partial charge in [-0.3, -0.25) is 0 Å². The van der Waals surface area contributed by atoms with E-state index in [2.05, 4.69) is 64.1 Å². The van der Waals surface area contributed by atoms with Crippen molar-refractivity contribution in [1.29, 1.82) is 0 Å². The normalized spacial score (nSPS) is 13.2. The molecular formula is C18H28. The van der Waals surface area contributed by atoms with Crippen LogP contribution in [0.25, 0.3) is 0 Å². The van der Waals surface area contributed by atoms with Crippen LogP contribution in [0, 0.1) is 13.8 Å². The number of aryl methyl sites for hydroxylation is 2. The van der Waals surface area contributed by atoms with Gasteiger partial charge < -0.3 is 0 Å². The molecule has 0 heterocycles. The van der Waals surface area contributed by atoms with E-state index in [4.69, 9.17) is 0 Å². The van der Waals surface area contributed by atoms with Crippen LogP contribution in [0.2, 0.25) is 0 Å². The van der Waals surface area contributed by atoms with Crippen molar-refractivity contribution in [3.05, 3.63) is 58.7 Å². The Balaban J connectivity index is 0.000000283. The van der Waals surface area contributed by atoms with Crippen molar-refractivity contribution in [2.24, 2.45) is 0 Å². The summed E-state index contributed by atoms with van der Waals surface area (Å²) in [5.41, 5.74) is 5.70. The molecule has 0 saturated heterocycles. The molecule has 0 fully saturated rings. The lowest BCUT2D eigenvalue weighted by molar-refractivity contribution is 0.906. The third-order valence-corrected chi connectivity index (χ3v) is 2.74. The summed E-state index contributed by atoms with van der Waals surface area (Å²) in [6.07, 6.45) is 6.95. The summed E-state index contributed by atoms with van der Waals surface area (Å²) in [6, 6.07) is 8.45. The van der Waals surface area contributed by atoms with E-state index in [1.807, 2.05) is 13.8 Å². The van der Waals surface area contributed by atoms with Crippen LogP contribution in [0.5, 0.6) is 0 Å². The second-order valence-corrected chi connectivity index (χ2v) is 4.68. The van der Waals surface area contributed by atoms with Gasteiger partial charge in [0.2, 0.25) is 0 Å². The quantitative estimate of drug-likeness (QED) is 0.525. The largest absolute Gasteiger partial charge is 0.0730 e. The van der Waals surface area contributed by atoms with Crippen LogP contribution in [0.4, 0.5) is 0 Å². The minimum Gasteiger partial charge on any atom is -0.0730 e. The van der Waals surface area contributed by atoms with Crippen molar-refractivity contribution >= 4 is 0 Å². The zero-order chi connectivity index (χ0) is 14.0. The van der Waals surface area contributed by atoms with Gasteiger partial charge in [-0.2, -0.15) is 0 Å². The molecule has 0 spiro atoms. The molecule has 0 aliphatic heterocycles. The SMILES string of the molecule is CC.CC1=CC=C(C)CC1.Cc1cccc(C)c1. The van der Waals surface area contributed by atoms with Gasteiger partial charge in [0.25, 0.3) is 0 Å². The van der Waals surface area contributed by atoms with Gasteiger partial charge in [0.05, 0.1) is 0 Å². The molecule has 0 heteroatoms. The van der Waals surface area contributed by atoms with Gasteiger partial charge in [-0.25, -0.2) is 0 Å². The molecule has 0 radical (unpaired) electrons. The highest BCUT2D eigenvalue weighted by Gasteiger charge is 1.95. The monoisotopic (exact) mass is 244 g/mol. The molecule has 1 aliphatic carbocycles. The van der Waals surface area contributed by atoms with Gasteiger partial charge in [0.1, 0.15) is 0 Å². The summed E-state index contributed by atoms with van der Waals surface area (Å²) in [5, 5.41) is 0. The standard InChI is InChI=1S/C8H12.C8H10.C2H6/c1-7-3-5-8(2)6-4-7;1-7-4-3-5-8(2)6-7;1-2/h3,5H,4,6H2,1-2H3;3-6H,1-2H3;1-2H3. The van der Waals surface area contributed by atoms with E-state index >= 15 is 0 Å². The highest BCUT2D eigenvalue weighted by molar-refractivity contribution is 5.21. The zero-order valence-electron chi connectivity index (χ0n) is 12.9. The first kappa shape index (κ1) is 16.7. The predicted octanol–water partition coefficient (Wildman–Crippen LogP) is 6.00. The van der Waals surface area contributed by atoms with Crippen molar-refractivity contribution in [3.63, 3.8) is 0 Å². The summed E-state index contributed by atoms with van der Waals surface area (Å²) in [4.78, 5) is 0. The van der Waals surface area contributed by atoms with E-state index in [-0.39, 0.29) is 0 Å². The van der Waals surface area contributed by atoms with Crippen LogP contribution in [0.3, 0.4) is 0 Å². The van der Waals surface area contributed by atoms with E-state index in [0.717, 1.165) is 0 Å². The molecule has 18 heavy (non-hydrogen) atoms. The Morgan fingerprint density at radius 3 is 1.33 bits per heavy atom. The van der Waals surface area contributed by atoms with Gasteiger partial charge in [-0.05, 0) is 40.5 Å². The third kappa shape index (κ3) is 7.89. The van der Waals surface area contributed by atoms with Crippen molar-refractivity contribution in [2.75, 3.05) is 0 Å². The Hall–Kier alpha value is -1.30. The summed E-state index contributed by atoms with van der Waals surface area (Å²) in [5.74, 6) is 0. The number of allylic oxidation sites excluding steroid dienone is 4. The summed E-state index contributed by atoms with van der Waals surface area (Å²) in [7, 11) is 0. The van der Waals surface area contributed by atoms with Crippen LogP contribution in [0.15, 0.2) is 47.6 Å². The van der Waals surface area contributed by atoms with Crippen LogP contribution >= 0.6 is 0 Å². The molecule has 0 atom stereocenters. The average molecular weight is 244 g/mol. The number of hydrogen-bond donors (Lipinski definition) is 0. The van der Waals surface area contributed by atoms with E-state index in [9.17, 15) is 0 Å². The topological polar surface area (TPSA) is 0 Å². The van der Waals surface area contributed by atoms with Crippen molar-refractivity contribution in [1.82, 2.24) is 0 Å². The molecule has 0 saturated carbocycles. The van der Waals surface area contributed by atoms with Crippen LogP contribution < -0.4 is 0 Å². The van der Waals surface area contributed by atoms with E-state index < -0.39 is 0 Å². The van der Waals surface area contributed by atoms with Gasteiger partial charge in [0.15, 0.2) is 0 Å². The summed E-state index contributed by atoms with van der Waals surface area (Å²) in [6.45, 7) is 12.6. The fraction of sp³-hybridized carbons (Fsp3) is 0.444. The fourth-order valence-corrected chi connectivity index (χ4v) is 1.65. The third-order valence-electron chi connectivity index (χ3n) is 2.74. The first-order valence-corrected chi connectivity index (χ1v) is 6.94. The van der Waals surface area contributed by atoms with E-state index in [0.29, 0.717) is 0 Å². The Labute approximate surface area is 113 Å². The Kier molecular flexibility index (Phi) is 9.00. The highest BCUT2D eigenvalue weighted by atomic mass is 14.0. The van der Waals surface area contributed by atoms with Crippen LogP contribution in [-0.2, 0) is 0 Å². The molecular weight excluding hydrogens is 216 g/mol. The van der Waals surface area contributed by atoms with Crippen molar-refractivity contribution in [2.45, 2.75) is 54.4 Å². The van der Waals surface area contributed by atoms with Gasteiger partial charge in [0, 0.05) is 0 Å². The molecule has 0 bridgehead atoms. The van der Waals surface area contributed by atoms with Crippen molar-refractivity contribution < 1.29 is 0 Å². The number of hydrogen-bond acceptors (Lipinski definition) is 0.